The number of halogens is 1. The lowest BCUT2D eigenvalue weighted by molar-refractivity contribution is 0.158. The van der Waals surface area contributed by atoms with E-state index < -0.39 is 0 Å². The lowest BCUT2D eigenvalue weighted by Crippen LogP contribution is -2.48. The predicted molar refractivity (Wildman–Crippen MR) is 176 cm³/mol. The summed E-state index contributed by atoms with van der Waals surface area (Å²) in [6, 6.07) is 12.3. The van der Waals surface area contributed by atoms with E-state index in [9.17, 15) is 9.90 Å². The van der Waals surface area contributed by atoms with Crippen LogP contribution >= 0.6 is 0 Å². The van der Waals surface area contributed by atoms with E-state index in [1.54, 1.807) is 0 Å². The number of piperidine rings is 1. The van der Waals surface area contributed by atoms with Crippen molar-refractivity contribution in [2.75, 3.05) is 42.6 Å². The average Bonchev–Trinajstić information content (AvgIpc) is 3.78. The zero-order valence-electron chi connectivity index (χ0n) is 26.3. The smallest absolute Gasteiger partial charge is 0.193 e. The van der Waals surface area contributed by atoms with Gasteiger partial charge in [0.25, 0.3) is 0 Å². The van der Waals surface area contributed by atoms with Crippen molar-refractivity contribution < 1.29 is 9.50 Å². The van der Waals surface area contributed by atoms with Crippen LogP contribution in [0.2, 0.25) is 0 Å². The van der Waals surface area contributed by atoms with Crippen molar-refractivity contribution in [3.8, 4) is 0 Å². The number of aryl methyl sites for hydroxylation is 2. The summed E-state index contributed by atoms with van der Waals surface area (Å²) in [4.78, 5) is 30.0. The molecule has 4 aromatic rings. The van der Waals surface area contributed by atoms with E-state index in [0.29, 0.717) is 48.9 Å². The van der Waals surface area contributed by atoms with Crippen LogP contribution in [0.25, 0.3) is 10.9 Å². The quantitative estimate of drug-likeness (QED) is 0.273. The second-order valence-corrected chi connectivity index (χ2v) is 13.3. The zero-order chi connectivity index (χ0) is 31.1. The van der Waals surface area contributed by atoms with E-state index in [1.165, 1.54) is 11.6 Å². The van der Waals surface area contributed by atoms with Crippen LogP contribution in [0.5, 0.6) is 0 Å². The first-order valence-corrected chi connectivity index (χ1v) is 16.4. The summed E-state index contributed by atoms with van der Waals surface area (Å²) in [5.41, 5.74) is 6.23. The average molecular weight is 611 g/mol. The van der Waals surface area contributed by atoms with Crippen LogP contribution in [-0.4, -0.2) is 63.4 Å². The Balaban J connectivity index is 1.24. The molecule has 5 heterocycles. The molecule has 0 amide bonds. The molecule has 0 radical (unpaired) electrons. The van der Waals surface area contributed by atoms with Crippen molar-refractivity contribution in [3.05, 3.63) is 93.5 Å². The minimum absolute atomic E-state index is 0.0895. The van der Waals surface area contributed by atoms with Gasteiger partial charge in [-0.05, 0) is 87.9 Å². The van der Waals surface area contributed by atoms with Crippen molar-refractivity contribution in [3.63, 3.8) is 0 Å². The van der Waals surface area contributed by atoms with Crippen LogP contribution in [0.1, 0.15) is 60.7 Å². The van der Waals surface area contributed by atoms with Gasteiger partial charge >= 0.3 is 0 Å². The summed E-state index contributed by atoms with van der Waals surface area (Å²) in [6.07, 6.45) is 10.9. The first-order chi connectivity index (χ1) is 21.9. The summed E-state index contributed by atoms with van der Waals surface area (Å²) >= 11 is 0. The Hall–Kier alpha value is -3.82. The molecule has 1 aromatic carbocycles. The van der Waals surface area contributed by atoms with Gasteiger partial charge in [-0.2, -0.15) is 0 Å². The molecule has 7 rings (SSSR count). The summed E-state index contributed by atoms with van der Waals surface area (Å²) < 4.78 is 17.9. The molecule has 2 unspecified atom stereocenters. The lowest BCUT2D eigenvalue weighted by atomic mass is 10.0. The Morgan fingerprint density at radius 1 is 0.956 bits per heavy atom. The summed E-state index contributed by atoms with van der Waals surface area (Å²) in [5, 5.41) is 10.1. The molecular formula is C36H43FN6O2. The second kappa shape index (κ2) is 12.5. The van der Waals surface area contributed by atoms with Crippen LogP contribution in [0.4, 0.5) is 15.8 Å². The highest BCUT2D eigenvalue weighted by Crippen LogP contribution is 2.39. The highest BCUT2D eigenvalue weighted by Gasteiger charge is 2.31. The monoisotopic (exact) mass is 610 g/mol. The number of hydrogen-bond acceptors (Lipinski definition) is 7. The van der Waals surface area contributed by atoms with Gasteiger partial charge in [-0.25, -0.2) is 4.39 Å². The van der Waals surface area contributed by atoms with Gasteiger partial charge in [-0.1, -0.05) is 0 Å². The van der Waals surface area contributed by atoms with E-state index in [2.05, 4.69) is 54.8 Å². The van der Waals surface area contributed by atoms with Crippen LogP contribution < -0.4 is 15.2 Å². The molecule has 3 fully saturated rings. The molecule has 0 bridgehead atoms. The van der Waals surface area contributed by atoms with Crippen LogP contribution in [0, 0.1) is 25.6 Å². The summed E-state index contributed by atoms with van der Waals surface area (Å²) in [7, 11) is 0. The molecule has 2 atom stereocenters. The molecule has 1 aliphatic carbocycles. The molecule has 8 nitrogen and oxygen atoms in total. The number of rotatable bonds is 9. The molecule has 236 valence electrons. The third-order valence-electron chi connectivity index (χ3n) is 9.89. The third-order valence-corrected chi connectivity index (χ3v) is 9.89. The maximum atomic E-state index is 15.7. The van der Waals surface area contributed by atoms with E-state index in [0.717, 1.165) is 67.8 Å². The highest BCUT2D eigenvalue weighted by atomic mass is 19.1. The maximum absolute atomic E-state index is 15.7. The number of aromatic nitrogens is 3. The standard InChI is InChI=1S/C36H43FN6O2/c1-24-5-6-30(17-39-24)40-12-3-4-31(22-40)42(18-26-9-11-38-25(2)14-26)20-28-21-43(29-7-8-29)34-16-35(33(37)15-32(34)36(28)45)41-13-10-27(19-41)23-44/h5-6,9,11,14-17,21,27,29,31,44H,3-4,7-8,10,12-13,18-20,22-23H2,1-2H3. The lowest BCUT2D eigenvalue weighted by Gasteiger charge is -2.40. The van der Waals surface area contributed by atoms with E-state index in [4.69, 9.17) is 0 Å². The van der Waals surface area contributed by atoms with Crippen molar-refractivity contribution in [1.29, 1.82) is 0 Å². The maximum Gasteiger partial charge on any atom is 0.193 e. The molecule has 45 heavy (non-hydrogen) atoms. The minimum atomic E-state index is -0.364. The molecule has 0 spiro atoms. The fourth-order valence-electron chi connectivity index (χ4n) is 7.23. The van der Waals surface area contributed by atoms with E-state index in [1.807, 2.05) is 37.2 Å². The zero-order valence-corrected chi connectivity index (χ0v) is 26.3. The Morgan fingerprint density at radius 3 is 2.56 bits per heavy atom. The molecule has 1 N–H and O–H groups in total. The molecular weight excluding hydrogens is 567 g/mol. The van der Waals surface area contributed by atoms with Crippen LogP contribution in [-0.2, 0) is 13.1 Å². The first-order valence-electron chi connectivity index (χ1n) is 16.4. The van der Waals surface area contributed by atoms with E-state index in [-0.39, 0.29) is 29.8 Å². The number of anilines is 2. The number of aliphatic hydroxyl groups is 1. The Bertz CT molecular complexity index is 1740. The van der Waals surface area contributed by atoms with Gasteiger partial charge < -0.3 is 19.5 Å². The Labute approximate surface area is 264 Å². The molecule has 1 saturated carbocycles. The van der Waals surface area contributed by atoms with Crippen LogP contribution in [0.3, 0.4) is 0 Å². The van der Waals surface area contributed by atoms with Gasteiger partial charge in [0, 0.05) is 98.6 Å². The number of pyridine rings is 3. The molecule has 2 aliphatic heterocycles. The fraction of sp³-hybridized carbons (Fsp3) is 0.472. The largest absolute Gasteiger partial charge is 0.396 e. The first kappa shape index (κ1) is 29.9. The molecule has 9 heteroatoms. The van der Waals surface area contributed by atoms with Crippen molar-refractivity contribution in [2.24, 2.45) is 5.92 Å². The number of hydrogen-bond donors (Lipinski definition) is 1. The summed E-state index contributed by atoms with van der Waals surface area (Å²) in [5.74, 6) is -0.210. The van der Waals surface area contributed by atoms with Gasteiger partial charge in [-0.3, -0.25) is 19.7 Å². The SMILES string of the molecule is Cc1ccc(N2CCCC(N(Cc3ccnc(C)c3)Cc3cn(C4CC4)c4cc(N5CCC(CO)C5)c(F)cc4c3=O)C2)cn1. The van der Waals surface area contributed by atoms with Gasteiger partial charge in [0.05, 0.1) is 23.1 Å². The normalized spacial score (nSPS) is 20.5. The molecule has 3 aliphatic rings. The minimum Gasteiger partial charge on any atom is -0.396 e. The third kappa shape index (κ3) is 6.33. The molecule has 3 aromatic heterocycles. The van der Waals surface area contributed by atoms with Crippen molar-refractivity contribution in [1.82, 2.24) is 19.4 Å². The van der Waals surface area contributed by atoms with Crippen molar-refractivity contribution >= 4 is 22.3 Å². The number of fused-ring (bicyclic) bond motifs is 1. The highest BCUT2D eigenvalue weighted by molar-refractivity contribution is 5.84. The number of benzene rings is 1. The Morgan fingerprint density at radius 2 is 1.82 bits per heavy atom. The van der Waals surface area contributed by atoms with E-state index >= 15 is 4.39 Å². The van der Waals surface area contributed by atoms with Gasteiger partial charge in [-0.15, -0.1) is 0 Å². The van der Waals surface area contributed by atoms with Crippen molar-refractivity contribution in [2.45, 2.75) is 71.1 Å². The fourth-order valence-corrected chi connectivity index (χ4v) is 7.23. The second-order valence-electron chi connectivity index (χ2n) is 13.3. The topological polar surface area (TPSA) is 77.7 Å². The van der Waals surface area contributed by atoms with Gasteiger partial charge in [0.1, 0.15) is 5.82 Å². The van der Waals surface area contributed by atoms with Gasteiger partial charge in [0.2, 0.25) is 0 Å². The van der Waals surface area contributed by atoms with Crippen LogP contribution in [0.15, 0.2) is 59.8 Å². The molecule has 2 saturated heterocycles. The summed E-state index contributed by atoms with van der Waals surface area (Å²) in [6.45, 7) is 8.47. The number of nitrogens with zero attached hydrogens (tertiary/aromatic N) is 6. The van der Waals surface area contributed by atoms with Gasteiger partial charge in [0.15, 0.2) is 5.43 Å². The Kier molecular flexibility index (Phi) is 8.31. The predicted octanol–water partition coefficient (Wildman–Crippen LogP) is 5.37. The number of aliphatic hydroxyl groups excluding tert-OH is 1.